The molecule has 146 valence electrons. The number of anilines is 3. The van der Waals surface area contributed by atoms with E-state index in [1.165, 1.54) is 5.56 Å². The number of para-hydroxylation sites is 2. The molecule has 0 amide bonds. The Kier molecular flexibility index (Phi) is 6.91. The van der Waals surface area contributed by atoms with Gasteiger partial charge in [-0.15, -0.1) is 0 Å². The zero-order chi connectivity index (χ0) is 19.8. The van der Waals surface area contributed by atoms with E-state index in [-0.39, 0.29) is 5.95 Å². The Morgan fingerprint density at radius 2 is 1.82 bits per heavy atom. The molecule has 0 aliphatic heterocycles. The van der Waals surface area contributed by atoms with Crippen molar-refractivity contribution in [1.82, 2.24) is 15.0 Å². The van der Waals surface area contributed by atoms with Gasteiger partial charge in [-0.25, -0.2) is 0 Å². The van der Waals surface area contributed by atoms with Crippen LogP contribution in [0.4, 0.5) is 17.6 Å². The van der Waals surface area contributed by atoms with Crippen LogP contribution in [0, 0.1) is 6.92 Å². The molecule has 7 nitrogen and oxygen atoms in total. The highest BCUT2D eigenvalue weighted by Gasteiger charge is 2.08. The van der Waals surface area contributed by atoms with Crippen molar-refractivity contribution >= 4 is 29.3 Å². The van der Waals surface area contributed by atoms with Crippen LogP contribution in [-0.4, -0.2) is 34.4 Å². The van der Waals surface area contributed by atoms with Gasteiger partial charge in [0.05, 0.1) is 25.2 Å². The lowest BCUT2D eigenvalue weighted by Crippen LogP contribution is -2.07. The third-order valence-electron chi connectivity index (χ3n) is 3.80. The lowest BCUT2D eigenvalue weighted by Gasteiger charge is -2.10. The van der Waals surface area contributed by atoms with Gasteiger partial charge in [-0.2, -0.15) is 26.7 Å². The molecule has 0 saturated heterocycles. The van der Waals surface area contributed by atoms with Crippen LogP contribution >= 0.6 is 11.8 Å². The van der Waals surface area contributed by atoms with Gasteiger partial charge >= 0.3 is 0 Å². The summed E-state index contributed by atoms with van der Waals surface area (Å²) in [4.78, 5) is 12.8. The van der Waals surface area contributed by atoms with Gasteiger partial charge < -0.3 is 20.5 Å². The maximum atomic E-state index is 5.83. The summed E-state index contributed by atoms with van der Waals surface area (Å²) in [6.07, 6.45) is 0. The third-order valence-corrected chi connectivity index (χ3v) is 4.72. The van der Waals surface area contributed by atoms with E-state index < -0.39 is 0 Å². The molecule has 0 fully saturated rings. The molecule has 0 saturated carbocycles. The van der Waals surface area contributed by atoms with E-state index in [0.717, 1.165) is 17.2 Å². The van der Waals surface area contributed by atoms with Crippen molar-refractivity contribution in [2.24, 2.45) is 0 Å². The number of hydrogen-bond acceptors (Lipinski definition) is 8. The van der Waals surface area contributed by atoms with Crippen molar-refractivity contribution in [3.63, 3.8) is 0 Å². The van der Waals surface area contributed by atoms with Crippen molar-refractivity contribution in [2.45, 2.75) is 12.7 Å². The second-order valence-corrected chi connectivity index (χ2v) is 7.08. The quantitative estimate of drug-likeness (QED) is 0.526. The van der Waals surface area contributed by atoms with Gasteiger partial charge in [0.2, 0.25) is 11.9 Å². The summed E-state index contributed by atoms with van der Waals surface area (Å²) in [5.74, 6) is 4.19. The molecule has 0 spiro atoms. The van der Waals surface area contributed by atoms with Gasteiger partial charge in [0.15, 0.2) is 0 Å². The highest BCUT2D eigenvalue weighted by Crippen LogP contribution is 2.25. The van der Waals surface area contributed by atoms with E-state index in [1.807, 2.05) is 48.5 Å². The molecule has 1 heterocycles. The fourth-order valence-electron chi connectivity index (χ4n) is 2.44. The van der Waals surface area contributed by atoms with Gasteiger partial charge in [-0.3, -0.25) is 0 Å². The number of benzene rings is 2. The molecule has 0 atom stereocenters. The molecule has 0 aliphatic rings. The number of methoxy groups -OCH3 is 1. The van der Waals surface area contributed by atoms with Gasteiger partial charge in [0.25, 0.3) is 0 Å². The minimum atomic E-state index is 0.180. The molecule has 0 unspecified atom stereocenters. The Hall–Kier alpha value is -3.00. The van der Waals surface area contributed by atoms with Crippen LogP contribution in [0.15, 0.2) is 48.5 Å². The number of ether oxygens (including phenoxy) is 2. The molecule has 3 aromatic rings. The normalized spacial score (nSPS) is 10.5. The third kappa shape index (κ3) is 5.75. The Bertz CT molecular complexity index is 905. The summed E-state index contributed by atoms with van der Waals surface area (Å²) >= 11 is 1.67. The molecular weight excluding hydrogens is 374 g/mol. The first-order chi connectivity index (χ1) is 13.6. The second kappa shape index (κ2) is 9.80. The maximum Gasteiger partial charge on any atom is 0.232 e. The molecule has 3 rings (SSSR count). The first-order valence-electron chi connectivity index (χ1n) is 8.82. The number of nitrogens with zero attached hydrogens (tertiary/aromatic N) is 3. The molecular formula is C20H23N5O2S. The topological polar surface area (TPSA) is 95.2 Å². The summed E-state index contributed by atoms with van der Waals surface area (Å²) in [6, 6.07) is 15.6. The largest absolute Gasteiger partial charge is 0.495 e. The average Bonchev–Trinajstić information content (AvgIpc) is 2.69. The van der Waals surface area contributed by atoms with E-state index >= 15 is 0 Å². The van der Waals surface area contributed by atoms with Crippen molar-refractivity contribution in [3.05, 3.63) is 59.9 Å². The monoisotopic (exact) mass is 397 g/mol. The molecule has 0 aliphatic carbocycles. The van der Waals surface area contributed by atoms with Crippen molar-refractivity contribution in [1.29, 1.82) is 0 Å². The van der Waals surface area contributed by atoms with Crippen LogP contribution in [0.1, 0.15) is 11.4 Å². The van der Waals surface area contributed by atoms with E-state index in [4.69, 9.17) is 15.2 Å². The van der Waals surface area contributed by atoms with Crippen LogP contribution in [-0.2, 0) is 5.75 Å². The molecule has 2 aromatic carbocycles. The van der Waals surface area contributed by atoms with Gasteiger partial charge in [0, 0.05) is 5.75 Å². The number of nitrogens with one attached hydrogen (secondary N) is 1. The Labute approximate surface area is 168 Å². The average molecular weight is 398 g/mol. The standard InChI is InChI=1S/C20H23N5O2S/c1-14-7-9-15(10-8-14)27-11-12-28-13-18-23-19(21)25-20(24-18)22-16-5-3-4-6-17(16)26-2/h3-10H,11-13H2,1-2H3,(H3,21,22,23,24,25). The fraction of sp³-hybridized carbons (Fsp3) is 0.250. The van der Waals surface area contributed by atoms with Gasteiger partial charge in [-0.1, -0.05) is 29.8 Å². The Morgan fingerprint density at radius 1 is 1.04 bits per heavy atom. The number of nitrogen functional groups attached to an aromatic ring is 1. The smallest absolute Gasteiger partial charge is 0.232 e. The minimum Gasteiger partial charge on any atom is -0.495 e. The van der Waals surface area contributed by atoms with Crippen LogP contribution in [0.25, 0.3) is 0 Å². The number of aromatic nitrogens is 3. The number of thioether (sulfide) groups is 1. The summed E-state index contributed by atoms with van der Waals surface area (Å²) < 4.78 is 11.1. The molecule has 3 N–H and O–H groups in total. The fourth-order valence-corrected chi connectivity index (χ4v) is 3.10. The van der Waals surface area contributed by atoms with Crippen LogP contribution in [0.2, 0.25) is 0 Å². The highest BCUT2D eigenvalue weighted by molar-refractivity contribution is 7.98. The highest BCUT2D eigenvalue weighted by atomic mass is 32.2. The van der Waals surface area contributed by atoms with Crippen LogP contribution in [0.3, 0.4) is 0 Å². The number of hydrogen-bond donors (Lipinski definition) is 2. The lowest BCUT2D eigenvalue weighted by atomic mass is 10.2. The molecule has 8 heteroatoms. The molecule has 28 heavy (non-hydrogen) atoms. The van der Waals surface area contributed by atoms with E-state index in [2.05, 4.69) is 27.2 Å². The second-order valence-electron chi connectivity index (χ2n) is 5.97. The van der Waals surface area contributed by atoms with E-state index in [1.54, 1.807) is 18.9 Å². The van der Waals surface area contributed by atoms with Crippen molar-refractivity contribution in [3.8, 4) is 11.5 Å². The van der Waals surface area contributed by atoms with Crippen molar-refractivity contribution in [2.75, 3.05) is 30.5 Å². The first kappa shape index (κ1) is 19.8. The first-order valence-corrected chi connectivity index (χ1v) is 9.97. The van der Waals surface area contributed by atoms with Gasteiger partial charge in [-0.05, 0) is 31.2 Å². The molecule has 0 radical (unpaired) electrons. The zero-order valence-electron chi connectivity index (χ0n) is 15.9. The van der Waals surface area contributed by atoms with Crippen LogP contribution < -0.4 is 20.5 Å². The number of nitrogens with two attached hydrogens (primary N) is 1. The minimum absolute atomic E-state index is 0.180. The van der Waals surface area contributed by atoms with Gasteiger partial charge in [0.1, 0.15) is 17.3 Å². The lowest BCUT2D eigenvalue weighted by molar-refractivity contribution is 0.344. The van der Waals surface area contributed by atoms with E-state index in [9.17, 15) is 0 Å². The number of aryl methyl sites for hydroxylation is 1. The summed E-state index contributed by atoms with van der Waals surface area (Å²) in [5, 5.41) is 3.13. The summed E-state index contributed by atoms with van der Waals surface area (Å²) in [5.41, 5.74) is 7.81. The van der Waals surface area contributed by atoms with Crippen LogP contribution in [0.5, 0.6) is 11.5 Å². The molecule has 0 bridgehead atoms. The SMILES string of the molecule is COc1ccccc1Nc1nc(N)nc(CSCCOc2ccc(C)cc2)n1. The van der Waals surface area contributed by atoms with Crippen molar-refractivity contribution < 1.29 is 9.47 Å². The Balaban J connectivity index is 1.52. The Morgan fingerprint density at radius 3 is 2.61 bits per heavy atom. The number of rotatable bonds is 9. The summed E-state index contributed by atoms with van der Waals surface area (Å²) in [7, 11) is 1.61. The molecule has 1 aromatic heterocycles. The summed E-state index contributed by atoms with van der Waals surface area (Å²) in [6.45, 7) is 2.66. The predicted molar refractivity (Wildman–Crippen MR) is 113 cm³/mol. The maximum absolute atomic E-state index is 5.83. The zero-order valence-corrected chi connectivity index (χ0v) is 16.7. The predicted octanol–water partition coefficient (Wildman–Crippen LogP) is 3.83. The van der Waals surface area contributed by atoms with E-state index in [0.29, 0.717) is 29.9 Å².